The smallest absolute Gasteiger partial charge is 0.244 e. The molecule has 0 radical (unpaired) electrons. The quantitative estimate of drug-likeness (QED) is 0.843. The molecule has 0 heterocycles. The fraction of sp³-hybridized carbons (Fsp3) is 0.400. The van der Waals surface area contributed by atoms with Crippen molar-refractivity contribution in [2.75, 3.05) is 0 Å². The first-order valence-electron chi connectivity index (χ1n) is 6.48. The summed E-state index contributed by atoms with van der Waals surface area (Å²) in [6.07, 6.45) is 9.49. The van der Waals surface area contributed by atoms with Gasteiger partial charge in [-0.2, -0.15) is 0 Å². The monoisotopic (exact) mass is 307 g/mol. The van der Waals surface area contributed by atoms with Gasteiger partial charge >= 0.3 is 0 Å². The molecule has 0 aromatic heterocycles. The molecule has 1 N–H and O–H groups in total. The van der Waals surface area contributed by atoms with Gasteiger partial charge < -0.3 is 5.32 Å². The van der Waals surface area contributed by atoms with Crippen molar-refractivity contribution in [1.82, 2.24) is 5.32 Å². The Morgan fingerprint density at radius 3 is 2.78 bits per heavy atom. The Kier molecular flexibility index (Phi) is 5.00. The van der Waals surface area contributed by atoms with Crippen LogP contribution < -0.4 is 5.32 Å². The van der Waals surface area contributed by atoms with Crippen LogP contribution in [0.3, 0.4) is 0 Å². The molecule has 18 heavy (non-hydrogen) atoms. The molecule has 2 rings (SSSR count). The first kappa shape index (κ1) is 13.3. The molecule has 1 aromatic carbocycles. The van der Waals surface area contributed by atoms with E-state index in [1.807, 2.05) is 30.3 Å². The Bertz CT molecular complexity index is 436. The highest BCUT2D eigenvalue weighted by molar-refractivity contribution is 9.10. The van der Waals surface area contributed by atoms with Crippen LogP contribution in [0.25, 0.3) is 6.08 Å². The van der Waals surface area contributed by atoms with Gasteiger partial charge in [-0.05, 0) is 36.6 Å². The number of hydrogen-bond donors (Lipinski definition) is 1. The topological polar surface area (TPSA) is 29.1 Å². The van der Waals surface area contributed by atoms with Crippen LogP contribution in [0.1, 0.15) is 37.7 Å². The van der Waals surface area contributed by atoms with Crippen LogP contribution in [0.5, 0.6) is 0 Å². The average Bonchev–Trinajstić information content (AvgIpc) is 2.38. The molecular formula is C15H18BrNO. The first-order valence-corrected chi connectivity index (χ1v) is 7.27. The van der Waals surface area contributed by atoms with E-state index in [-0.39, 0.29) is 5.91 Å². The van der Waals surface area contributed by atoms with E-state index in [0.717, 1.165) is 22.9 Å². The zero-order chi connectivity index (χ0) is 12.8. The molecular weight excluding hydrogens is 290 g/mol. The van der Waals surface area contributed by atoms with Crippen LogP contribution in [-0.2, 0) is 4.79 Å². The number of benzene rings is 1. The van der Waals surface area contributed by atoms with Crippen molar-refractivity contribution in [3.8, 4) is 0 Å². The Morgan fingerprint density at radius 1 is 1.28 bits per heavy atom. The molecule has 1 amide bonds. The highest BCUT2D eigenvalue weighted by atomic mass is 79.9. The van der Waals surface area contributed by atoms with Gasteiger partial charge in [0.25, 0.3) is 0 Å². The van der Waals surface area contributed by atoms with Crippen LogP contribution >= 0.6 is 15.9 Å². The van der Waals surface area contributed by atoms with Crippen molar-refractivity contribution in [2.24, 2.45) is 0 Å². The normalized spacial score (nSPS) is 16.9. The van der Waals surface area contributed by atoms with Crippen LogP contribution in [0.2, 0.25) is 0 Å². The highest BCUT2D eigenvalue weighted by Crippen LogP contribution is 2.17. The van der Waals surface area contributed by atoms with Gasteiger partial charge in [0.1, 0.15) is 0 Å². The minimum absolute atomic E-state index is 0.0156. The molecule has 1 fully saturated rings. The molecule has 1 aliphatic carbocycles. The predicted molar refractivity (Wildman–Crippen MR) is 78.2 cm³/mol. The summed E-state index contributed by atoms with van der Waals surface area (Å²) in [6, 6.07) is 8.28. The van der Waals surface area contributed by atoms with E-state index in [4.69, 9.17) is 0 Å². The number of carbonyl (C=O) groups excluding carboxylic acids is 1. The summed E-state index contributed by atoms with van der Waals surface area (Å²) >= 11 is 3.41. The van der Waals surface area contributed by atoms with Crippen molar-refractivity contribution >= 4 is 27.9 Å². The summed E-state index contributed by atoms with van der Waals surface area (Å²) < 4.78 is 1.03. The van der Waals surface area contributed by atoms with E-state index in [2.05, 4.69) is 21.2 Å². The second-order valence-electron chi connectivity index (χ2n) is 4.73. The third-order valence-corrected chi connectivity index (χ3v) is 3.72. The maximum atomic E-state index is 11.8. The minimum atomic E-state index is 0.0156. The van der Waals surface area contributed by atoms with E-state index >= 15 is 0 Å². The van der Waals surface area contributed by atoms with Crippen molar-refractivity contribution in [2.45, 2.75) is 38.1 Å². The second kappa shape index (κ2) is 6.74. The Morgan fingerprint density at radius 2 is 2.06 bits per heavy atom. The molecule has 1 aliphatic rings. The molecule has 0 saturated heterocycles. The number of carbonyl (C=O) groups is 1. The Balaban J connectivity index is 1.86. The van der Waals surface area contributed by atoms with E-state index in [9.17, 15) is 4.79 Å². The van der Waals surface area contributed by atoms with E-state index < -0.39 is 0 Å². The molecule has 96 valence electrons. The third kappa shape index (κ3) is 4.30. The van der Waals surface area contributed by atoms with Gasteiger partial charge in [0.2, 0.25) is 5.91 Å². The van der Waals surface area contributed by atoms with Crippen LogP contribution in [-0.4, -0.2) is 11.9 Å². The number of nitrogens with one attached hydrogen (secondary N) is 1. The molecule has 2 nitrogen and oxygen atoms in total. The average molecular weight is 308 g/mol. The zero-order valence-corrected chi connectivity index (χ0v) is 11.9. The van der Waals surface area contributed by atoms with Gasteiger partial charge in [0.15, 0.2) is 0 Å². The highest BCUT2D eigenvalue weighted by Gasteiger charge is 2.13. The second-order valence-corrected chi connectivity index (χ2v) is 5.65. The fourth-order valence-electron chi connectivity index (χ4n) is 2.28. The predicted octanol–water partition coefficient (Wildman–Crippen LogP) is 3.91. The van der Waals surface area contributed by atoms with Crippen molar-refractivity contribution in [3.63, 3.8) is 0 Å². The number of rotatable bonds is 3. The maximum Gasteiger partial charge on any atom is 0.244 e. The largest absolute Gasteiger partial charge is 0.350 e. The lowest BCUT2D eigenvalue weighted by Gasteiger charge is -2.21. The van der Waals surface area contributed by atoms with Crippen LogP contribution in [0.15, 0.2) is 34.8 Å². The molecule has 0 bridgehead atoms. The Hall–Kier alpha value is -1.09. The molecule has 1 aromatic rings. The Labute approximate surface area is 117 Å². The summed E-state index contributed by atoms with van der Waals surface area (Å²) in [6.45, 7) is 0. The molecule has 1 saturated carbocycles. The zero-order valence-electron chi connectivity index (χ0n) is 10.4. The summed E-state index contributed by atoms with van der Waals surface area (Å²) in [7, 11) is 0. The first-order chi connectivity index (χ1) is 8.74. The molecule has 0 spiro atoms. The lowest BCUT2D eigenvalue weighted by atomic mass is 9.95. The molecule has 0 aliphatic heterocycles. The van der Waals surface area contributed by atoms with Gasteiger partial charge in [-0.1, -0.05) is 47.3 Å². The lowest BCUT2D eigenvalue weighted by molar-refractivity contribution is -0.117. The van der Waals surface area contributed by atoms with E-state index in [1.54, 1.807) is 6.08 Å². The lowest BCUT2D eigenvalue weighted by Crippen LogP contribution is -2.34. The van der Waals surface area contributed by atoms with Crippen molar-refractivity contribution < 1.29 is 4.79 Å². The van der Waals surface area contributed by atoms with E-state index in [0.29, 0.717) is 6.04 Å². The summed E-state index contributed by atoms with van der Waals surface area (Å²) in [4.78, 5) is 11.8. The van der Waals surface area contributed by atoms with Gasteiger partial charge in [0.05, 0.1) is 0 Å². The fourth-order valence-corrected chi connectivity index (χ4v) is 2.70. The van der Waals surface area contributed by atoms with Gasteiger partial charge in [-0.3, -0.25) is 4.79 Å². The van der Waals surface area contributed by atoms with Crippen molar-refractivity contribution in [1.29, 1.82) is 0 Å². The standard InChI is InChI=1S/C15H18BrNO/c16-13-6-4-5-12(11-13)9-10-15(18)17-14-7-2-1-3-8-14/h4-6,9-11,14H,1-3,7-8H2,(H,17,18)/b10-9+. The minimum Gasteiger partial charge on any atom is -0.350 e. The van der Waals surface area contributed by atoms with E-state index in [1.165, 1.54) is 19.3 Å². The summed E-state index contributed by atoms with van der Waals surface area (Å²) in [5.74, 6) is 0.0156. The van der Waals surface area contributed by atoms with Crippen LogP contribution in [0.4, 0.5) is 0 Å². The van der Waals surface area contributed by atoms with Crippen LogP contribution in [0, 0.1) is 0 Å². The summed E-state index contributed by atoms with van der Waals surface area (Å²) in [5, 5.41) is 3.07. The van der Waals surface area contributed by atoms with Gasteiger partial charge in [0, 0.05) is 16.6 Å². The number of hydrogen-bond acceptors (Lipinski definition) is 1. The molecule has 0 unspecified atom stereocenters. The molecule has 3 heteroatoms. The SMILES string of the molecule is O=C(/C=C/c1cccc(Br)c1)NC1CCCCC1. The number of amides is 1. The summed E-state index contributed by atoms with van der Waals surface area (Å²) in [5.41, 5.74) is 1.03. The maximum absolute atomic E-state index is 11.8. The number of halogens is 1. The molecule has 0 atom stereocenters. The van der Waals surface area contributed by atoms with Crippen molar-refractivity contribution in [3.05, 3.63) is 40.4 Å². The van der Waals surface area contributed by atoms with Gasteiger partial charge in [-0.15, -0.1) is 0 Å². The third-order valence-electron chi connectivity index (χ3n) is 3.23. The van der Waals surface area contributed by atoms with Gasteiger partial charge in [-0.25, -0.2) is 0 Å².